The van der Waals surface area contributed by atoms with Crippen molar-refractivity contribution < 1.29 is 36.6 Å². The Kier molecular flexibility index (Phi) is 16.8. The molecule has 4 N–H and O–H groups in total. The van der Waals surface area contributed by atoms with Crippen molar-refractivity contribution in [3.8, 4) is 0 Å². The predicted molar refractivity (Wildman–Crippen MR) is 265 cm³/mol. The Morgan fingerprint density at radius 3 is 1.18 bits per heavy atom. The molecule has 0 saturated carbocycles. The molecule has 0 amide bonds. The SMILES string of the molecule is CC(C)c1cc(C(C)C)c(S(=O)(=O)Nc2cccc(CCc3ccc(C(=O)O)cc3)c2)c(C(C)C)c1.Cc1cc(C)c(S(=O)(=O)Nc2cccc(CCc3ccc(C(=O)O)cc3)c2)c(C)c1. The molecule has 0 bridgehead atoms. The maximum atomic E-state index is 13.8. The van der Waals surface area contributed by atoms with Gasteiger partial charge in [0.05, 0.1) is 20.9 Å². The molecule has 0 aromatic heterocycles. The molecule has 0 aliphatic heterocycles. The fourth-order valence-corrected chi connectivity index (χ4v) is 11.2. The molecule has 0 spiro atoms. The number of rotatable bonds is 17. The van der Waals surface area contributed by atoms with Gasteiger partial charge in [-0.1, -0.05) is 120 Å². The largest absolute Gasteiger partial charge is 0.478 e. The Balaban J connectivity index is 0.000000251. The number of hydrogen-bond donors (Lipinski definition) is 4. The van der Waals surface area contributed by atoms with Crippen molar-refractivity contribution >= 4 is 43.4 Å². The third-order valence-corrected chi connectivity index (χ3v) is 14.6. The van der Waals surface area contributed by atoms with Gasteiger partial charge in [-0.05, 0) is 163 Å². The topological polar surface area (TPSA) is 167 Å². The summed E-state index contributed by atoms with van der Waals surface area (Å²) in [5.74, 6) is -1.46. The average Bonchev–Trinajstić information content (AvgIpc) is 3.24. The van der Waals surface area contributed by atoms with Gasteiger partial charge in [0.1, 0.15) is 0 Å². The van der Waals surface area contributed by atoms with Gasteiger partial charge in [-0.15, -0.1) is 0 Å². The van der Waals surface area contributed by atoms with Crippen LogP contribution in [-0.4, -0.2) is 39.0 Å². The molecule has 12 heteroatoms. The van der Waals surface area contributed by atoms with Crippen LogP contribution < -0.4 is 9.44 Å². The minimum absolute atomic E-state index is 0.0617. The van der Waals surface area contributed by atoms with E-state index >= 15 is 0 Å². The van der Waals surface area contributed by atoms with Gasteiger partial charge in [-0.25, -0.2) is 26.4 Å². The number of nitrogens with one attached hydrogen (secondary N) is 2. The van der Waals surface area contributed by atoms with Gasteiger partial charge in [-0.2, -0.15) is 0 Å². The second-order valence-electron chi connectivity index (χ2n) is 17.8. The normalized spacial score (nSPS) is 11.6. The molecular weight excluding hydrogens is 869 g/mol. The number of carboxylic acid groups (broad SMARTS) is 2. The van der Waals surface area contributed by atoms with E-state index in [1.807, 2.05) is 107 Å². The molecular formula is C54H62N2O8S2. The first-order chi connectivity index (χ1) is 31.0. The van der Waals surface area contributed by atoms with Crippen molar-refractivity contribution in [2.45, 2.75) is 116 Å². The van der Waals surface area contributed by atoms with E-state index in [-0.39, 0.29) is 23.0 Å². The summed E-state index contributed by atoms with van der Waals surface area (Å²) in [6, 6.07) is 36.3. The maximum absolute atomic E-state index is 13.8. The molecule has 0 radical (unpaired) electrons. The molecule has 0 atom stereocenters. The minimum Gasteiger partial charge on any atom is -0.478 e. The Morgan fingerprint density at radius 1 is 0.470 bits per heavy atom. The van der Waals surface area contributed by atoms with E-state index in [0.29, 0.717) is 39.9 Å². The lowest BCUT2D eigenvalue weighted by Crippen LogP contribution is -2.19. The quantitative estimate of drug-likeness (QED) is 0.0701. The van der Waals surface area contributed by atoms with Crippen LogP contribution in [0.5, 0.6) is 0 Å². The van der Waals surface area contributed by atoms with Crippen LogP contribution in [0.25, 0.3) is 0 Å². The summed E-state index contributed by atoms with van der Waals surface area (Å²) in [6.07, 6.45) is 2.87. The van der Waals surface area contributed by atoms with Crippen molar-refractivity contribution in [1.29, 1.82) is 0 Å². The van der Waals surface area contributed by atoms with Crippen molar-refractivity contribution in [3.05, 3.63) is 188 Å². The van der Waals surface area contributed by atoms with Gasteiger partial charge in [0, 0.05) is 11.4 Å². The van der Waals surface area contributed by atoms with Crippen LogP contribution in [0.15, 0.2) is 131 Å². The summed E-state index contributed by atoms with van der Waals surface area (Å²) < 4.78 is 59.0. The first kappa shape index (κ1) is 50.8. The Morgan fingerprint density at radius 2 is 0.833 bits per heavy atom. The fraction of sp³-hybridized carbons (Fsp3) is 0.296. The number of carbonyl (C=O) groups is 2. The number of anilines is 2. The van der Waals surface area contributed by atoms with Crippen LogP contribution in [0.4, 0.5) is 11.4 Å². The van der Waals surface area contributed by atoms with Gasteiger partial charge in [0.2, 0.25) is 0 Å². The monoisotopic (exact) mass is 930 g/mol. The molecule has 66 heavy (non-hydrogen) atoms. The van der Waals surface area contributed by atoms with E-state index in [1.165, 1.54) is 0 Å². The van der Waals surface area contributed by atoms with Crippen LogP contribution in [0.2, 0.25) is 0 Å². The second kappa shape index (κ2) is 21.8. The number of benzene rings is 6. The van der Waals surface area contributed by atoms with Gasteiger partial charge >= 0.3 is 11.9 Å². The Bertz CT molecular complexity index is 2850. The lowest BCUT2D eigenvalue weighted by Gasteiger charge is -2.23. The van der Waals surface area contributed by atoms with Gasteiger partial charge in [0.25, 0.3) is 20.0 Å². The molecule has 0 heterocycles. The lowest BCUT2D eigenvalue weighted by atomic mass is 9.89. The summed E-state index contributed by atoms with van der Waals surface area (Å²) in [7, 11) is -7.50. The lowest BCUT2D eigenvalue weighted by molar-refractivity contribution is 0.0686. The van der Waals surface area contributed by atoms with Gasteiger partial charge in [0.15, 0.2) is 0 Å². The fourth-order valence-electron chi connectivity index (χ4n) is 7.99. The molecule has 6 aromatic carbocycles. The van der Waals surface area contributed by atoms with Crippen LogP contribution in [0.3, 0.4) is 0 Å². The van der Waals surface area contributed by atoms with E-state index < -0.39 is 32.0 Å². The van der Waals surface area contributed by atoms with E-state index in [4.69, 9.17) is 10.2 Å². The maximum Gasteiger partial charge on any atom is 0.335 e. The van der Waals surface area contributed by atoms with E-state index in [9.17, 15) is 26.4 Å². The molecule has 0 saturated heterocycles. The van der Waals surface area contributed by atoms with Crippen molar-refractivity contribution in [2.24, 2.45) is 0 Å². The number of aryl methyl sites for hydroxylation is 7. The zero-order valence-corrected chi connectivity index (χ0v) is 40.9. The van der Waals surface area contributed by atoms with Crippen molar-refractivity contribution in [1.82, 2.24) is 0 Å². The molecule has 0 aliphatic carbocycles. The Labute approximate surface area is 391 Å². The number of sulfonamides is 2. The molecule has 10 nitrogen and oxygen atoms in total. The molecule has 6 aromatic rings. The Hall–Kier alpha value is -6.24. The average molecular weight is 931 g/mol. The van der Waals surface area contributed by atoms with Crippen LogP contribution in [-0.2, 0) is 45.7 Å². The zero-order chi connectivity index (χ0) is 48.5. The molecule has 6 rings (SSSR count). The number of hydrogen-bond acceptors (Lipinski definition) is 6. The summed E-state index contributed by atoms with van der Waals surface area (Å²) in [5.41, 5.74) is 10.9. The summed E-state index contributed by atoms with van der Waals surface area (Å²) in [5, 5.41) is 18.0. The van der Waals surface area contributed by atoms with Crippen LogP contribution in [0, 0.1) is 20.8 Å². The van der Waals surface area contributed by atoms with E-state index in [1.54, 1.807) is 62.4 Å². The molecule has 0 unspecified atom stereocenters. The number of carboxylic acids is 2. The van der Waals surface area contributed by atoms with Gasteiger partial charge < -0.3 is 10.2 Å². The molecule has 348 valence electrons. The van der Waals surface area contributed by atoms with E-state index in [2.05, 4.69) is 23.3 Å². The highest BCUT2D eigenvalue weighted by Gasteiger charge is 2.27. The first-order valence-electron chi connectivity index (χ1n) is 22.2. The van der Waals surface area contributed by atoms with Gasteiger partial charge in [-0.3, -0.25) is 9.44 Å². The molecule has 0 aliphatic rings. The third-order valence-electron chi connectivity index (χ3n) is 11.4. The first-order valence-corrected chi connectivity index (χ1v) is 25.1. The highest BCUT2D eigenvalue weighted by molar-refractivity contribution is 7.93. The summed E-state index contributed by atoms with van der Waals surface area (Å²) >= 11 is 0. The van der Waals surface area contributed by atoms with Crippen molar-refractivity contribution in [3.63, 3.8) is 0 Å². The minimum atomic E-state index is -3.81. The van der Waals surface area contributed by atoms with Crippen LogP contribution >= 0.6 is 0 Å². The molecule has 0 fully saturated rings. The van der Waals surface area contributed by atoms with E-state index in [0.717, 1.165) is 68.5 Å². The zero-order valence-electron chi connectivity index (χ0n) is 39.3. The highest BCUT2D eigenvalue weighted by atomic mass is 32.2. The van der Waals surface area contributed by atoms with Crippen LogP contribution in [0.1, 0.15) is 136 Å². The standard InChI is InChI=1S/C30H37NO4S.C24H25NO4S/c1-19(2)25-17-27(20(3)4)29(28(18-25)21(5)6)36(34,35)31-26-9-7-8-23(16-26)11-10-22-12-14-24(15-13-22)30(32)33;1-16-13-17(2)23(18(3)14-16)30(28,29)25-22-6-4-5-20(15-22)8-7-19-9-11-21(12-10-19)24(26)27/h7-9,12-21,31H,10-11H2,1-6H3,(H,32,33);4-6,9-15,25H,7-8H2,1-3H3,(H,26,27). The summed E-state index contributed by atoms with van der Waals surface area (Å²) in [6.45, 7) is 17.9. The third kappa shape index (κ3) is 13.4. The highest BCUT2D eigenvalue weighted by Crippen LogP contribution is 2.36. The summed E-state index contributed by atoms with van der Waals surface area (Å²) in [4.78, 5) is 22.7. The smallest absolute Gasteiger partial charge is 0.335 e. The second-order valence-corrected chi connectivity index (χ2v) is 21.1. The number of aromatic carboxylic acids is 2. The van der Waals surface area contributed by atoms with Crippen molar-refractivity contribution in [2.75, 3.05) is 9.44 Å². The predicted octanol–water partition coefficient (Wildman–Crippen LogP) is 12.2.